The summed E-state index contributed by atoms with van der Waals surface area (Å²) in [6.45, 7) is 4.89. The molecule has 0 bridgehead atoms. The van der Waals surface area contributed by atoms with Crippen molar-refractivity contribution in [3.63, 3.8) is 0 Å². The molecule has 114 valence electrons. The number of aromatic nitrogens is 1. The highest BCUT2D eigenvalue weighted by molar-refractivity contribution is 7.09. The summed E-state index contributed by atoms with van der Waals surface area (Å²) in [5.74, 6) is 0.880. The molecule has 5 nitrogen and oxygen atoms in total. The van der Waals surface area contributed by atoms with E-state index in [9.17, 15) is 4.79 Å². The SMILES string of the molecule is O=C(C[C@@H]1C[C@@H]2CN(Cc3nccs3)C[C@@H]2O1)N1CCC1. The van der Waals surface area contributed by atoms with E-state index >= 15 is 0 Å². The molecule has 3 atom stereocenters. The van der Waals surface area contributed by atoms with Gasteiger partial charge in [-0.05, 0) is 12.8 Å². The fraction of sp³-hybridized carbons (Fsp3) is 0.733. The van der Waals surface area contributed by atoms with Crippen molar-refractivity contribution >= 4 is 17.2 Å². The monoisotopic (exact) mass is 307 g/mol. The maximum absolute atomic E-state index is 12.0. The lowest BCUT2D eigenvalue weighted by molar-refractivity contribution is -0.137. The molecule has 0 saturated carbocycles. The molecule has 3 aliphatic rings. The van der Waals surface area contributed by atoms with E-state index in [1.165, 1.54) is 5.01 Å². The summed E-state index contributed by atoms with van der Waals surface area (Å²) in [6.07, 6.45) is 5.12. The first kappa shape index (κ1) is 13.7. The highest BCUT2D eigenvalue weighted by Gasteiger charge is 2.42. The van der Waals surface area contributed by atoms with Gasteiger partial charge in [-0.15, -0.1) is 11.3 Å². The average molecular weight is 307 g/mol. The maximum atomic E-state index is 12.0. The second-order valence-electron chi connectivity index (χ2n) is 6.35. The molecular weight excluding hydrogens is 286 g/mol. The van der Waals surface area contributed by atoms with Crippen LogP contribution in [0.5, 0.6) is 0 Å². The molecule has 1 aromatic heterocycles. The zero-order chi connectivity index (χ0) is 14.2. The summed E-state index contributed by atoms with van der Waals surface area (Å²) in [6, 6.07) is 0. The smallest absolute Gasteiger partial charge is 0.225 e. The number of carbonyl (C=O) groups is 1. The zero-order valence-corrected chi connectivity index (χ0v) is 12.9. The Hall–Kier alpha value is -0.980. The second kappa shape index (κ2) is 5.66. The van der Waals surface area contributed by atoms with Crippen LogP contribution < -0.4 is 0 Å². The largest absolute Gasteiger partial charge is 0.373 e. The Bertz CT molecular complexity index is 489. The van der Waals surface area contributed by atoms with Crippen molar-refractivity contribution in [2.24, 2.45) is 5.92 Å². The van der Waals surface area contributed by atoms with Crippen molar-refractivity contribution in [1.29, 1.82) is 0 Å². The molecule has 3 fully saturated rings. The molecule has 3 saturated heterocycles. The molecule has 6 heteroatoms. The van der Waals surface area contributed by atoms with Crippen LogP contribution in [-0.4, -0.2) is 59.1 Å². The fourth-order valence-corrected chi connectivity index (χ4v) is 4.28. The van der Waals surface area contributed by atoms with E-state index in [1.54, 1.807) is 11.3 Å². The van der Waals surface area contributed by atoms with E-state index in [0.29, 0.717) is 18.4 Å². The zero-order valence-electron chi connectivity index (χ0n) is 12.1. The predicted octanol–water partition coefficient (Wildman–Crippen LogP) is 1.35. The molecule has 0 aromatic carbocycles. The minimum Gasteiger partial charge on any atom is -0.373 e. The third-order valence-electron chi connectivity index (χ3n) is 4.84. The number of fused-ring (bicyclic) bond motifs is 1. The topological polar surface area (TPSA) is 45.7 Å². The van der Waals surface area contributed by atoms with Crippen molar-refractivity contribution in [2.75, 3.05) is 26.2 Å². The van der Waals surface area contributed by atoms with Crippen LogP contribution in [0.25, 0.3) is 0 Å². The van der Waals surface area contributed by atoms with E-state index < -0.39 is 0 Å². The van der Waals surface area contributed by atoms with Gasteiger partial charge in [-0.25, -0.2) is 4.98 Å². The van der Waals surface area contributed by atoms with Gasteiger partial charge in [0.25, 0.3) is 0 Å². The van der Waals surface area contributed by atoms with Gasteiger partial charge in [0.2, 0.25) is 5.91 Å². The van der Waals surface area contributed by atoms with Crippen LogP contribution >= 0.6 is 11.3 Å². The van der Waals surface area contributed by atoms with Crippen molar-refractivity contribution in [3.05, 3.63) is 16.6 Å². The maximum Gasteiger partial charge on any atom is 0.225 e. The number of ether oxygens (including phenoxy) is 1. The van der Waals surface area contributed by atoms with Gasteiger partial charge in [-0.1, -0.05) is 0 Å². The third kappa shape index (κ3) is 2.84. The summed E-state index contributed by atoms with van der Waals surface area (Å²) in [5, 5.41) is 3.21. The molecule has 0 aliphatic carbocycles. The van der Waals surface area contributed by atoms with Crippen LogP contribution in [0.4, 0.5) is 0 Å². The molecule has 0 unspecified atom stereocenters. The number of hydrogen-bond donors (Lipinski definition) is 0. The number of likely N-dealkylation sites (tertiary alicyclic amines) is 2. The summed E-state index contributed by atoms with van der Waals surface area (Å²) in [5.41, 5.74) is 0. The van der Waals surface area contributed by atoms with Crippen molar-refractivity contribution in [3.8, 4) is 0 Å². The van der Waals surface area contributed by atoms with Gasteiger partial charge >= 0.3 is 0 Å². The molecule has 4 rings (SSSR count). The van der Waals surface area contributed by atoms with Crippen molar-refractivity contribution in [1.82, 2.24) is 14.8 Å². The molecular formula is C15H21N3O2S. The first-order chi connectivity index (χ1) is 10.3. The van der Waals surface area contributed by atoms with Gasteiger partial charge in [0.1, 0.15) is 5.01 Å². The van der Waals surface area contributed by atoms with Crippen LogP contribution in [0.2, 0.25) is 0 Å². The molecule has 0 N–H and O–H groups in total. The standard InChI is InChI=1S/C15H21N3O2S/c19-15(18-3-1-4-18)7-12-6-11-8-17(9-13(11)20-12)10-14-16-2-5-21-14/h2,5,11-13H,1,3-4,6-10H2/t11-,12+,13+/m1/s1. The molecule has 0 radical (unpaired) electrons. The third-order valence-corrected chi connectivity index (χ3v) is 5.61. The molecule has 21 heavy (non-hydrogen) atoms. The number of amides is 1. The normalized spacial score (nSPS) is 32.2. The van der Waals surface area contributed by atoms with Gasteiger partial charge < -0.3 is 9.64 Å². The van der Waals surface area contributed by atoms with Crippen LogP contribution in [0.15, 0.2) is 11.6 Å². The molecule has 0 spiro atoms. The quantitative estimate of drug-likeness (QED) is 0.842. The summed E-state index contributed by atoms with van der Waals surface area (Å²) in [7, 11) is 0. The highest BCUT2D eigenvalue weighted by atomic mass is 32.1. The first-order valence-corrected chi connectivity index (χ1v) is 8.70. The molecule has 1 amide bonds. The van der Waals surface area contributed by atoms with Crippen LogP contribution in [0, 0.1) is 5.92 Å². The van der Waals surface area contributed by atoms with E-state index in [4.69, 9.17) is 4.74 Å². The lowest BCUT2D eigenvalue weighted by Crippen LogP contribution is -2.43. The van der Waals surface area contributed by atoms with Crippen molar-refractivity contribution < 1.29 is 9.53 Å². The van der Waals surface area contributed by atoms with Gasteiger partial charge in [-0.2, -0.15) is 0 Å². The van der Waals surface area contributed by atoms with Crippen LogP contribution in [-0.2, 0) is 16.1 Å². The Morgan fingerprint density at radius 3 is 3.00 bits per heavy atom. The Morgan fingerprint density at radius 2 is 2.33 bits per heavy atom. The van der Waals surface area contributed by atoms with Gasteiger partial charge in [0.05, 0.1) is 25.2 Å². The van der Waals surface area contributed by atoms with Gasteiger partial charge in [0.15, 0.2) is 0 Å². The highest BCUT2D eigenvalue weighted by Crippen LogP contribution is 2.35. The van der Waals surface area contributed by atoms with E-state index in [1.807, 2.05) is 16.5 Å². The second-order valence-corrected chi connectivity index (χ2v) is 7.33. The Kier molecular flexibility index (Phi) is 3.69. The lowest BCUT2D eigenvalue weighted by Gasteiger charge is -2.31. The molecule has 3 aliphatic heterocycles. The van der Waals surface area contributed by atoms with Crippen LogP contribution in [0.3, 0.4) is 0 Å². The number of carbonyl (C=O) groups excluding carboxylic acids is 1. The Balaban J connectivity index is 1.26. The minimum absolute atomic E-state index is 0.148. The number of rotatable bonds is 4. The Labute approximate surface area is 128 Å². The summed E-state index contributed by atoms with van der Waals surface area (Å²) >= 11 is 1.72. The lowest BCUT2D eigenvalue weighted by atomic mass is 10.0. The minimum atomic E-state index is 0.148. The van der Waals surface area contributed by atoms with Crippen molar-refractivity contribution in [2.45, 2.75) is 38.0 Å². The average Bonchev–Trinajstić information content (AvgIpc) is 3.03. The van der Waals surface area contributed by atoms with E-state index in [0.717, 1.165) is 45.6 Å². The van der Waals surface area contributed by atoms with Gasteiger partial charge in [0, 0.05) is 43.7 Å². The molecule has 1 aromatic rings. The predicted molar refractivity (Wildman–Crippen MR) is 80.0 cm³/mol. The van der Waals surface area contributed by atoms with E-state index in [-0.39, 0.29) is 12.0 Å². The summed E-state index contributed by atoms with van der Waals surface area (Å²) < 4.78 is 6.12. The van der Waals surface area contributed by atoms with E-state index in [2.05, 4.69) is 9.88 Å². The van der Waals surface area contributed by atoms with Crippen LogP contribution in [0.1, 0.15) is 24.3 Å². The van der Waals surface area contributed by atoms with Gasteiger partial charge in [-0.3, -0.25) is 9.69 Å². The number of hydrogen-bond acceptors (Lipinski definition) is 5. The fourth-order valence-electron chi connectivity index (χ4n) is 3.62. The first-order valence-electron chi connectivity index (χ1n) is 7.82. The molecule has 4 heterocycles. The summed E-state index contributed by atoms with van der Waals surface area (Å²) in [4.78, 5) is 20.7. The number of nitrogens with zero attached hydrogens (tertiary/aromatic N) is 3. The number of thiazole rings is 1. The Morgan fingerprint density at radius 1 is 1.43 bits per heavy atom.